The number of hydrogen-bond acceptors (Lipinski definition) is 4. The molecule has 28 heavy (non-hydrogen) atoms. The zero-order valence-electron chi connectivity index (χ0n) is 19.0. The summed E-state index contributed by atoms with van der Waals surface area (Å²) in [5.74, 6) is 0.995. The first-order valence-electron chi connectivity index (χ1n) is 10.2. The third-order valence-electron chi connectivity index (χ3n) is 5.72. The van der Waals surface area contributed by atoms with Crippen molar-refractivity contribution >= 4 is 8.32 Å². The Kier molecular flexibility index (Phi) is 9.91. The van der Waals surface area contributed by atoms with Crippen molar-refractivity contribution in [2.24, 2.45) is 11.8 Å². The quantitative estimate of drug-likeness (QED) is 0.302. The van der Waals surface area contributed by atoms with Gasteiger partial charge in [0.1, 0.15) is 5.75 Å². The van der Waals surface area contributed by atoms with Crippen LogP contribution in [0.4, 0.5) is 0 Å². The van der Waals surface area contributed by atoms with Crippen LogP contribution in [0.25, 0.3) is 0 Å². The van der Waals surface area contributed by atoms with Gasteiger partial charge in [-0.1, -0.05) is 58.9 Å². The minimum atomic E-state index is -1.78. The molecule has 0 aromatic heterocycles. The predicted octanol–water partition coefficient (Wildman–Crippen LogP) is 5.42. The van der Waals surface area contributed by atoms with Crippen LogP contribution in [-0.2, 0) is 15.8 Å². The molecule has 1 aromatic carbocycles. The zero-order chi connectivity index (χ0) is 21.4. The standard InChI is InChI=1S/C23H40O4Si/c1-18(22(24)19(2)16-27-28(7,8)23(3,4)5)10-9-15-26-17-20-11-13-21(25-6)14-12-20/h9-14,18-19,22,24H,15-17H2,1-8H3/b10-9-/t18-,19+,22+/m0/s1. The maximum Gasteiger partial charge on any atom is 0.191 e. The molecule has 0 aliphatic rings. The molecule has 0 saturated carbocycles. The first kappa shape index (κ1) is 24.9. The highest BCUT2D eigenvalue weighted by Crippen LogP contribution is 2.37. The number of ether oxygens (including phenoxy) is 2. The second kappa shape index (κ2) is 11.1. The first-order chi connectivity index (χ1) is 13.0. The molecule has 0 unspecified atom stereocenters. The maximum atomic E-state index is 10.6. The van der Waals surface area contributed by atoms with Crippen LogP contribution in [0.2, 0.25) is 18.1 Å². The van der Waals surface area contributed by atoms with Crippen LogP contribution in [0.3, 0.4) is 0 Å². The number of aliphatic hydroxyl groups excluding tert-OH is 1. The second-order valence-electron chi connectivity index (χ2n) is 9.19. The van der Waals surface area contributed by atoms with E-state index in [2.05, 4.69) is 40.8 Å². The minimum Gasteiger partial charge on any atom is -0.497 e. The van der Waals surface area contributed by atoms with E-state index in [1.54, 1.807) is 7.11 Å². The normalized spacial score (nSPS) is 16.2. The number of aliphatic hydroxyl groups is 1. The van der Waals surface area contributed by atoms with Gasteiger partial charge in [0.15, 0.2) is 8.32 Å². The van der Waals surface area contributed by atoms with Crippen molar-refractivity contribution in [3.05, 3.63) is 42.0 Å². The van der Waals surface area contributed by atoms with Gasteiger partial charge in [-0.3, -0.25) is 0 Å². The van der Waals surface area contributed by atoms with Gasteiger partial charge in [-0.25, -0.2) is 0 Å². The molecule has 0 fully saturated rings. The molecule has 0 heterocycles. The van der Waals surface area contributed by atoms with Gasteiger partial charge in [-0.15, -0.1) is 0 Å². The molecule has 1 N–H and O–H groups in total. The van der Waals surface area contributed by atoms with Gasteiger partial charge >= 0.3 is 0 Å². The summed E-state index contributed by atoms with van der Waals surface area (Å²) in [6.45, 7) is 17.0. The van der Waals surface area contributed by atoms with E-state index in [9.17, 15) is 5.11 Å². The molecule has 1 rings (SSSR count). The molecule has 0 saturated heterocycles. The molecule has 0 spiro atoms. The number of methoxy groups -OCH3 is 1. The zero-order valence-corrected chi connectivity index (χ0v) is 20.0. The Hall–Kier alpha value is -1.14. The van der Waals surface area contributed by atoms with Crippen LogP contribution in [-0.4, -0.2) is 39.9 Å². The molecule has 1 aromatic rings. The minimum absolute atomic E-state index is 0.0580. The van der Waals surface area contributed by atoms with E-state index in [1.165, 1.54) is 0 Å². The molecule has 0 aliphatic heterocycles. The van der Waals surface area contributed by atoms with Crippen molar-refractivity contribution in [1.29, 1.82) is 0 Å². The largest absolute Gasteiger partial charge is 0.497 e. The van der Waals surface area contributed by atoms with E-state index in [0.29, 0.717) is 19.8 Å². The Bertz CT molecular complexity index is 590. The van der Waals surface area contributed by atoms with Gasteiger partial charge in [-0.05, 0) is 35.8 Å². The molecule has 0 bridgehead atoms. The molecule has 5 heteroatoms. The van der Waals surface area contributed by atoms with Crippen LogP contribution in [0, 0.1) is 11.8 Å². The maximum absolute atomic E-state index is 10.6. The number of benzene rings is 1. The van der Waals surface area contributed by atoms with Crippen LogP contribution in [0.15, 0.2) is 36.4 Å². The van der Waals surface area contributed by atoms with Gasteiger partial charge < -0.3 is 19.0 Å². The second-order valence-corrected chi connectivity index (χ2v) is 14.0. The van der Waals surface area contributed by atoms with Crippen LogP contribution in [0.5, 0.6) is 5.75 Å². The van der Waals surface area contributed by atoms with E-state index in [4.69, 9.17) is 13.9 Å². The van der Waals surface area contributed by atoms with Crippen molar-refractivity contribution in [1.82, 2.24) is 0 Å². The van der Waals surface area contributed by atoms with E-state index in [1.807, 2.05) is 43.3 Å². The summed E-state index contributed by atoms with van der Waals surface area (Å²) in [5, 5.41) is 10.8. The highest BCUT2D eigenvalue weighted by molar-refractivity contribution is 6.74. The van der Waals surface area contributed by atoms with Crippen molar-refractivity contribution in [2.75, 3.05) is 20.3 Å². The van der Waals surface area contributed by atoms with Gasteiger partial charge in [0.05, 0.1) is 26.4 Å². The third kappa shape index (κ3) is 8.07. The average Bonchev–Trinajstić information content (AvgIpc) is 2.64. The lowest BCUT2D eigenvalue weighted by Crippen LogP contribution is -2.43. The molecule has 0 amide bonds. The lowest BCUT2D eigenvalue weighted by molar-refractivity contribution is 0.0536. The van der Waals surface area contributed by atoms with Crippen LogP contribution in [0.1, 0.15) is 40.2 Å². The van der Waals surface area contributed by atoms with Crippen molar-refractivity contribution in [3.63, 3.8) is 0 Å². The van der Waals surface area contributed by atoms with E-state index in [0.717, 1.165) is 11.3 Å². The van der Waals surface area contributed by atoms with Gasteiger partial charge in [0.25, 0.3) is 0 Å². The van der Waals surface area contributed by atoms with Gasteiger partial charge in [0.2, 0.25) is 0 Å². The fourth-order valence-electron chi connectivity index (χ4n) is 2.52. The summed E-state index contributed by atoms with van der Waals surface area (Å²) < 4.78 is 17.1. The molecule has 0 radical (unpaired) electrons. The van der Waals surface area contributed by atoms with Crippen molar-refractivity contribution in [3.8, 4) is 5.75 Å². The summed E-state index contributed by atoms with van der Waals surface area (Å²) >= 11 is 0. The predicted molar refractivity (Wildman–Crippen MR) is 119 cm³/mol. The molecule has 0 aliphatic carbocycles. The monoisotopic (exact) mass is 408 g/mol. The number of rotatable bonds is 11. The molecular weight excluding hydrogens is 368 g/mol. The lowest BCUT2D eigenvalue weighted by atomic mass is 9.94. The summed E-state index contributed by atoms with van der Waals surface area (Å²) in [4.78, 5) is 0. The molecular formula is C23H40O4Si. The Balaban J connectivity index is 2.36. The topological polar surface area (TPSA) is 47.9 Å². The summed E-state index contributed by atoms with van der Waals surface area (Å²) in [5.41, 5.74) is 1.11. The number of hydrogen-bond donors (Lipinski definition) is 1. The summed E-state index contributed by atoms with van der Waals surface area (Å²) in [6, 6.07) is 7.86. The highest BCUT2D eigenvalue weighted by atomic mass is 28.4. The Labute approximate surface area is 173 Å². The Morgan fingerprint density at radius 1 is 1.11 bits per heavy atom. The third-order valence-corrected chi connectivity index (χ3v) is 10.2. The summed E-state index contributed by atoms with van der Waals surface area (Å²) in [6.07, 6.45) is 3.59. The molecule has 160 valence electrons. The van der Waals surface area contributed by atoms with E-state index < -0.39 is 14.4 Å². The van der Waals surface area contributed by atoms with Gasteiger partial charge in [-0.2, -0.15) is 0 Å². The Morgan fingerprint density at radius 2 is 1.71 bits per heavy atom. The van der Waals surface area contributed by atoms with E-state index >= 15 is 0 Å². The smallest absolute Gasteiger partial charge is 0.191 e. The Morgan fingerprint density at radius 3 is 2.25 bits per heavy atom. The van der Waals surface area contributed by atoms with Gasteiger partial charge in [0, 0.05) is 18.4 Å². The van der Waals surface area contributed by atoms with Crippen LogP contribution < -0.4 is 4.74 Å². The van der Waals surface area contributed by atoms with Crippen LogP contribution >= 0.6 is 0 Å². The van der Waals surface area contributed by atoms with Crippen molar-refractivity contribution < 1.29 is 19.0 Å². The highest BCUT2D eigenvalue weighted by Gasteiger charge is 2.37. The lowest BCUT2D eigenvalue weighted by Gasteiger charge is -2.37. The SMILES string of the molecule is COc1ccc(COC/C=C\[C@H](C)[C@@H](O)[C@H](C)CO[Si](C)(C)C(C)(C)C)cc1. The molecule has 4 nitrogen and oxygen atoms in total. The van der Waals surface area contributed by atoms with Crippen molar-refractivity contribution in [2.45, 2.75) is 65.5 Å². The molecule has 3 atom stereocenters. The fourth-order valence-corrected chi connectivity index (χ4v) is 3.64. The first-order valence-corrected chi connectivity index (χ1v) is 13.1. The fraction of sp³-hybridized carbons (Fsp3) is 0.652. The average molecular weight is 409 g/mol. The summed E-state index contributed by atoms with van der Waals surface area (Å²) in [7, 11) is -0.121. The van der Waals surface area contributed by atoms with E-state index in [-0.39, 0.29) is 16.9 Å².